The highest BCUT2D eigenvalue weighted by atomic mass is 16.5. The van der Waals surface area contributed by atoms with Gasteiger partial charge in [-0.25, -0.2) is 4.79 Å². The van der Waals surface area contributed by atoms with Crippen LogP contribution in [0.1, 0.15) is 20.3 Å². The molecule has 1 heterocycles. The number of aliphatic carboxylic acids is 1. The highest BCUT2D eigenvalue weighted by Gasteiger charge is 2.34. The lowest BCUT2D eigenvalue weighted by Crippen LogP contribution is -2.48. The molecule has 1 saturated heterocycles. The van der Waals surface area contributed by atoms with Crippen LogP contribution in [0.5, 0.6) is 0 Å². The minimum Gasteiger partial charge on any atom is -0.480 e. The predicted octanol–water partition coefficient (Wildman–Crippen LogP) is -0.410. The highest BCUT2D eigenvalue weighted by molar-refractivity contribution is 5.85. The second kappa shape index (κ2) is 6.56. The molecule has 0 spiro atoms. The minimum absolute atomic E-state index is 0.0219. The van der Waals surface area contributed by atoms with E-state index in [1.54, 1.807) is 6.92 Å². The van der Waals surface area contributed by atoms with Gasteiger partial charge < -0.3 is 20.5 Å². The van der Waals surface area contributed by atoms with E-state index in [0.717, 1.165) is 6.54 Å². The van der Waals surface area contributed by atoms with Crippen molar-refractivity contribution < 1.29 is 19.4 Å². The maximum Gasteiger partial charge on any atom is 0.326 e. The van der Waals surface area contributed by atoms with Crippen LogP contribution in [0.2, 0.25) is 0 Å². The summed E-state index contributed by atoms with van der Waals surface area (Å²) in [5.74, 6) is -1.55. The van der Waals surface area contributed by atoms with Crippen LogP contribution >= 0.6 is 0 Å². The highest BCUT2D eigenvalue weighted by Crippen LogP contribution is 2.14. The Morgan fingerprint density at radius 3 is 2.65 bits per heavy atom. The smallest absolute Gasteiger partial charge is 0.326 e. The van der Waals surface area contributed by atoms with Crippen molar-refractivity contribution in [2.75, 3.05) is 19.8 Å². The Morgan fingerprint density at radius 2 is 2.12 bits per heavy atom. The molecule has 1 aliphatic rings. The van der Waals surface area contributed by atoms with Gasteiger partial charge in [0.15, 0.2) is 0 Å². The third-order valence-corrected chi connectivity index (χ3v) is 2.91. The molecule has 2 unspecified atom stereocenters. The molecule has 1 rings (SSSR count). The van der Waals surface area contributed by atoms with Crippen molar-refractivity contribution in [3.05, 3.63) is 0 Å². The Hall–Kier alpha value is -1.14. The minimum atomic E-state index is -1.00. The fourth-order valence-electron chi connectivity index (χ4n) is 1.89. The summed E-state index contributed by atoms with van der Waals surface area (Å²) in [6, 6.07) is -0.836. The Bertz CT molecular complexity index is 283. The topological polar surface area (TPSA) is 87.7 Å². The molecule has 98 valence electrons. The molecule has 0 aromatic rings. The first-order chi connectivity index (χ1) is 8.10. The Kier molecular flexibility index (Phi) is 5.37. The number of carbonyl (C=O) groups is 2. The molecule has 3 N–H and O–H groups in total. The summed E-state index contributed by atoms with van der Waals surface area (Å²) < 4.78 is 5.25. The van der Waals surface area contributed by atoms with Crippen molar-refractivity contribution in [1.29, 1.82) is 0 Å². The molecule has 0 saturated carbocycles. The molecule has 0 aromatic heterocycles. The van der Waals surface area contributed by atoms with Gasteiger partial charge in [0.25, 0.3) is 0 Å². The van der Waals surface area contributed by atoms with E-state index in [1.807, 2.05) is 6.92 Å². The molecule has 1 fully saturated rings. The molecule has 0 bridgehead atoms. The summed E-state index contributed by atoms with van der Waals surface area (Å²) in [6.45, 7) is 5.29. The molecule has 6 heteroatoms. The lowest BCUT2D eigenvalue weighted by atomic mass is 10.0. The summed E-state index contributed by atoms with van der Waals surface area (Å²) in [5, 5.41) is 14.6. The van der Waals surface area contributed by atoms with Crippen molar-refractivity contribution in [1.82, 2.24) is 10.6 Å². The zero-order chi connectivity index (χ0) is 12.8. The normalized spacial score (nSPS) is 25.5. The summed E-state index contributed by atoms with van der Waals surface area (Å²) in [7, 11) is 0. The Balaban J connectivity index is 2.53. The van der Waals surface area contributed by atoms with E-state index in [4.69, 9.17) is 9.84 Å². The number of carboxylic acids is 1. The molecule has 1 aliphatic heterocycles. The van der Waals surface area contributed by atoms with E-state index >= 15 is 0 Å². The van der Waals surface area contributed by atoms with Crippen LogP contribution < -0.4 is 10.6 Å². The van der Waals surface area contributed by atoms with Crippen LogP contribution in [0.4, 0.5) is 0 Å². The third kappa shape index (κ3) is 3.67. The summed E-state index contributed by atoms with van der Waals surface area (Å²) in [5.41, 5.74) is 0. The Morgan fingerprint density at radius 1 is 1.41 bits per heavy atom. The second-order valence-corrected chi connectivity index (χ2v) is 4.12. The molecular formula is C11H20N2O4. The summed E-state index contributed by atoms with van der Waals surface area (Å²) in [4.78, 5) is 22.7. The number of hydrogen-bond acceptors (Lipinski definition) is 4. The van der Waals surface area contributed by atoms with Gasteiger partial charge in [0.2, 0.25) is 5.91 Å². The number of nitrogens with one attached hydrogen (secondary N) is 2. The first-order valence-electron chi connectivity index (χ1n) is 5.94. The maximum atomic E-state index is 11.9. The SMILES string of the molecule is CCNC1COCC1C(=O)N[C@@H](CC)C(=O)O. The summed E-state index contributed by atoms with van der Waals surface area (Å²) in [6.07, 6.45) is 0.376. The Labute approximate surface area is 101 Å². The average molecular weight is 244 g/mol. The lowest BCUT2D eigenvalue weighted by molar-refractivity contribution is -0.142. The largest absolute Gasteiger partial charge is 0.480 e. The van der Waals surface area contributed by atoms with Crippen LogP contribution in [0.3, 0.4) is 0 Å². The van der Waals surface area contributed by atoms with Gasteiger partial charge in [-0.15, -0.1) is 0 Å². The lowest BCUT2D eigenvalue weighted by Gasteiger charge is -2.20. The van der Waals surface area contributed by atoms with Crippen molar-refractivity contribution in [3.63, 3.8) is 0 Å². The van der Waals surface area contributed by atoms with Gasteiger partial charge in [-0.05, 0) is 13.0 Å². The van der Waals surface area contributed by atoms with Crippen molar-refractivity contribution in [2.24, 2.45) is 5.92 Å². The van der Waals surface area contributed by atoms with E-state index in [9.17, 15) is 9.59 Å². The van der Waals surface area contributed by atoms with Gasteiger partial charge in [0.1, 0.15) is 6.04 Å². The zero-order valence-electron chi connectivity index (χ0n) is 10.2. The second-order valence-electron chi connectivity index (χ2n) is 4.12. The van der Waals surface area contributed by atoms with Crippen molar-refractivity contribution in [2.45, 2.75) is 32.4 Å². The van der Waals surface area contributed by atoms with Crippen LogP contribution in [-0.2, 0) is 14.3 Å². The zero-order valence-corrected chi connectivity index (χ0v) is 10.2. The molecule has 17 heavy (non-hydrogen) atoms. The quantitative estimate of drug-likeness (QED) is 0.591. The summed E-state index contributed by atoms with van der Waals surface area (Å²) >= 11 is 0. The fourth-order valence-corrected chi connectivity index (χ4v) is 1.89. The van der Waals surface area contributed by atoms with Crippen molar-refractivity contribution in [3.8, 4) is 0 Å². The molecule has 0 aromatic carbocycles. The molecule has 0 radical (unpaired) electrons. The van der Waals surface area contributed by atoms with E-state index < -0.39 is 12.0 Å². The van der Waals surface area contributed by atoms with Gasteiger partial charge in [-0.1, -0.05) is 13.8 Å². The van der Waals surface area contributed by atoms with Crippen molar-refractivity contribution >= 4 is 11.9 Å². The molecule has 1 amide bonds. The van der Waals surface area contributed by atoms with Crippen LogP contribution in [0.15, 0.2) is 0 Å². The number of hydrogen-bond donors (Lipinski definition) is 3. The van der Waals surface area contributed by atoms with E-state index in [-0.39, 0.29) is 17.9 Å². The first-order valence-corrected chi connectivity index (χ1v) is 5.94. The van der Waals surface area contributed by atoms with E-state index in [1.165, 1.54) is 0 Å². The third-order valence-electron chi connectivity index (χ3n) is 2.91. The van der Waals surface area contributed by atoms with Crippen LogP contribution in [0.25, 0.3) is 0 Å². The maximum absolute atomic E-state index is 11.9. The standard InChI is InChI=1S/C11H20N2O4/c1-3-8(11(15)16)13-10(14)7-5-17-6-9(7)12-4-2/h7-9,12H,3-6H2,1-2H3,(H,13,14)(H,15,16)/t7?,8-,9?/m0/s1. The average Bonchev–Trinajstić information content (AvgIpc) is 2.74. The fraction of sp³-hybridized carbons (Fsp3) is 0.818. The van der Waals surface area contributed by atoms with Gasteiger partial charge in [0.05, 0.1) is 19.1 Å². The molecular weight excluding hydrogens is 224 g/mol. The van der Waals surface area contributed by atoms with Gasteiger partial charge in [-0.3, -0.25) is 4.79 Å². The molecule has 6 nitrogen and oxygen atoms in total. The van der Waals surface area contributed by atoms with Gasteiger partial charge in [0, 0.05) is 6.04 Å². The monoisotopic (exact) mass is 244 g/mol. The number of amides is 1. The van der Waals surface area contributed by atoms with Gasteiger partial charge in [-0.2, -0.15) is 0 Å². The molecule has 3 atom stereocenters. The first kappa shape index (κ1) is 13.9. The number of ether oxygens (including phenoxy) is 1. The number of likely N-dealkylation sites (N-methyl/N-ethyl adjacent to an activating group) is 1. The number of carboxylic acid groups (broad SMARTS) is 1. The predicted molar refractivity (Wildman–Crippen MR) is 61.6 cm³/mol. The van der Waals surface area contributed by atoms with E-state index in [2.05, 4.69) is 10.6 Å². The van der Waals surface area contributed by atoms with Crippen LogP contribution in [-0.4, -0.2) is 48.8 Å². The number of rotatable bonds is 6. The van der Waals surface area contributed by atoms with Gasteiger partial charge >= 0.3 is 5.97 Å². The van der Waals surface area contributed by atoms with E-state index in [0.29, 0.717) is 19.6 Å². The van der Waals surface area contributed by atoms with Crippen LogP contribution in [0, 0.1) is 5.92 Å². The number of carbonyl (C=O) groups excluding carboxylic acids is 1. The molecule has 0 aliphatic carbocycles.